The molecule has 0 saturated carbocycles. The zero-order chi connectivity index (χ0) is 12.1. The number of benzene rings is 1. The quantitative estimate of drug-likeness (QED) is 0.534. The maximum absolute atomic E-state index is 13.1. The van der Waals surface area contributed by atoms with Crippen LogP contribution in [0.25, 0.3) is 0 Å². The first-order valence-electron chi connectivity index (χ1n) is 5.04. The lowest BCUT2D eigenvalue weighted by Crippen LogP contribution is -2.26. The van der Waals surface area contributed by atoms with Crippen molar-refractivity contribution >= 4 is 17.3 Å². The van der Waals surface area contributed by atoms with E-state index in [-0.39, 0.29) is 11.7 Å². The van der Waals surface area contributed by atoms with Crippen molar-refractivity contribution in [2.24, 2.45) is 0 Å². The summed E-state index contributed by atoms with van der Waals surface area (Å²) in [6.45, 7) is 4.18. The van der Waals surface area contributed by atoms with Crippen molar-refractivity contribution in [3.8, 4) is 0 Å². The van der Waals surface area contributed by atoms with Crippen molar-refractivity contribution in [2.45, 2.75) is 13.8 Å². The zero-order valence-corrected chi connectivity index (χ0v) is 9.43. The van der Waals surface area contributed by atoms with Crippen molar-refractivity contribution in [2.75, 3.05) is 24.1 Å². The summed E-state index contributed by atoms with van der Waals surface area (Å²) in [5.41, 5.74) is 7.23. The van der Waals surface area contributed by atoms with Crippen LogP contribution in [0.3, 0.4) is 0 Å². The molecule has 0 radical (unpaired) electrons. The Morgan fingerprint density at radius 2 is 2.12 bits per heavy atom. The summed E-state index contributed by atoms with van der Waals surface area (Å²) >= 11 is 0. The van der Waals surface area contributed by atoms with Gasteiger partial charge in [0.2, 0.25) is 5.91 Å². The van der Waals surface area contributed by atoms with E-state index in [1.165, 1.54) is 13.0 Å². The molecule has 1 amide bonds. The molecule has 1 aromatic carbocycles. The lowest BCUT2D eigenvalue weighted by atomic mass is 10.2. The molecule has 0 aliphatic carbocycles. The number of hydrogen-bond donors (Lipinski definition) is 3. The number of rotatable bonds is 4. The van der Waals surface area contributed by atoms with E-state index in [4.69, 9.17) is 5.73 Å². The molecule has 0 fully saturated rings. The fourth-order valence-corrected chi connectivity index (χ4v) is 1.29. The van der Waals surface area contributed by atoms with Gasteiger partial charge in [0, 0.05) is 20.0 Å². The number of nitrogens with one attached hydrogen (secondary N) is 2. The predicted molar refractivity (Wildman–Crippen MR) is 62.7 cm³/mol. The van der Waals surface area contributed by atoms with Crippen LogP contribution in [-0.2, 0) is 4.79 Å². The number of nitrogen functional groups attached to an aromatic ring is 1. The Hall–Kier alpha value is -1.78. The molecule has 88 valence electrons. The summed E-state index contributed by atoms with van der Waals surface area (Å²) in [6.07, 6.45) is 0. The van der Waals surface area contributed by atoms with Crippen LogP contribution >= 0.6 is 0 Å². The van der Waals surface area contributed by atoms with Crippen molar-refractivity contribution in [1.82, 2.24) is 5.32 Å². The van der Waals surface area contributed by atoms with Crippen molar-refractivity contribution < 1.29 is 9.18 Å². The van der Waals surface area contributed by atoms with Gasteiger partial charge in [0.15, 0.2) is 0 Å². The molecule has 0 aliphatic rings. The Bertz CT molecular complexity index is 393. The maximum Gasteiger partial charge on any atom is 0.216 e. The fraction of sp³-hybridized carbons (Fsp3) is 0.364. The van der Waals surface area contributed by atoms with Gasteiger partial charge in [0.25, 0.3) is 0 Å². The van der Waals surface area contributed by atoms with Crippen molar-refractivity contribution in [3.05, 3.63) is 23.5 Å². The normalized spacial score (nSPS) is 9.94. The highest BCUT2D eigenvalue weighted by Gasteiger charge is 2.03. The van der Waals surface area contributed by atoms with E-state index in [1.54, 1.807) is 13.0 Å². The first-order chi connectivity index (χ1) is 7.50. The van der Waals surface area contributed by atoms with Crippen LogP contribution in [0, 0.1) is 12.7 Å². The maximum atomic E-state index is 13.1. The van der Waals surface area contributed by atoms with Gasteiger partial charge in [-0.2, -0.15) is 0 Å². The van der Waals surface area contributed by atoms with E-state index in [0.717, 1.165) is 0 Å². The third kappa shape index (κ3) is 3.42. The smallest absolute Gasteiger partial charge is 0.216 e. The molecule has 4 nitrogen and oxygen atoms in total. The second kappa shape index (κ2) is 5.34. The van der Waals surface area contributed by atoms with Crippen molar-refractivity contribution in [1.29, 1.82) is 0 Å². The summed E-state index contributed by atoms with van der Waals surface area (Å²) in [6, 6.07) is 2.94. The molecule has 0 bridgehead atoms. The zero-order valence-electron chi connectivity index (χ0n) is 9.43. The average Bonchev–Trinajstić information content (AvgIpc) is 2.19. The molecule has 0 aliphatic heterocycles. The Balaban J connectivity index is 2.54. The van der Waals surface area contributed by atoms with Crippen LogP contribution in [0.4, 0.5) is 15.8 Å². The van der Waals surface area contributed by atoms with Gasteiger partial charge in [0.05, 0.1) is 11.4 Å². The Morgan fingerprint density at radius 1 is 1.44 bits per heavy atom. The highest BCUT2D eigenvalue weighted by Crippen LogP contribution is 2.21. The minimum absolute atomic E-state index is 0.0786. The van der Waals surface area contributed by atoms with Gasteiger partial charge in [0.1, 0.15) is 5.82 Å². The third-order valence-corrected chi connectivity index (χ3v) is 2.15. The summed E-state index contributed by atoms with van der Waals surface area (Å²) in [4.78, 5) is 10.6. The van der Waals surface area contributed by atoms with E-state index in [0.29, 0.717) is 30.0 Å². The van der Waals surface area contributed by atoms with E-state index in [2.05, 4.69) is 10.6 Å². The van der Waals surface area contributed by atoms with Crippen molar-refractivity contribution in [3.63, 3.8) is 0 Å². The van der Waals surface area contributed by atoms with Crippen LogP contribution in [0.15, 0.2) is 12.1 Å². The van der Waals surface area contributed by atoms with Gasteiger partial charge < -0.3 is 16.4 Å². The molecule has 0 spiro atoms. The summed E-state index contributed by atoms with van der Waals surface area (Å²) in [5.74, 6) is -0.394. The predicted octanol–water partition coefficient (Wildman–Crippen LogP) is 1.26. The van der Waals surface area contributed by atoms with E-state index in [1.807, 2.05) is 0 Å². The Labute approximate surface area is 94.0 Å². The SMILES string of the molecule is CC(=O)NCCNc1cc(C)c(F)cc1N. The molecule has 0 aromatic heterocycles. The van der Waals surface area contributed by atoms with E-state index in [9.17, 15) is 9.18 Å². The van der Waals surface area contributed by atoms with Gasteiger partial charge in [-0.1, -0.05) is 0 Å². The lowest BCUT2D eigenvalue weighted by molar-refractivity contribution is -0.118. The number of anilines is 2. The number of carbonyl (C=O) groups is 1. The van der Waals surface area contributed by atoms with Crippen LogP contribution < -0.4 is 16.4 Å². The molecule has 1 rings (SSSR count). The molecule has 1 aromatic rings. The topological polar surface area (TPSA) is 67.2 Å². The van der Waals surface area contributed by atoms with Crippen LogP contribution in [-0.4, -0.2) is 19.0 Å². The molecular formula is C11H16FN3O. The summed E-state index contributed by atoms with van der Waals surface area (Å²) in [7, 11) is 0. The number of carbonyl (C=O) groups excluding carboxylic acids is 1. The molecule has 0 saturated heterocycles. The first kappa shape index (κ1) is 12.3. The highest BCUT2D eigenvalue weighted by molar-refractivity contribution is 5.73. The fourth-order valence-electron chi connectivity index (χ4n) is 1.29. The number of nitrogens with two attached hydrogens (primary N) is 1. The number of aryl methyl sites for hydroxylation is 1. The van der Waals surface area contributed by atoms with Gasteiger partial charge >= 0.3 is 0 Å². The minimum atomic E-state index is -0.315. The third-order valence-electron chi connectivity index (χ3n) is 2.15. The molecule has 0 heterocycles. The van der Waals surface area contributed by atoms with Gasteiger partial charge in [-0.3, -0.25) is 4.79 Å². The summed E-state index contributed by atoms with van der Waals surface area (Å²) in [5, 5.41) is 5.67. The molecular weight excluding hydrogens is 209 g/mol. The standard InChI is InChI=1S/C11H16FN3O/c1-7-5-11(10(13)6-9(7)12)15-4-3-14-8(2)16/h5-6,15H,3-4,13H2,1-2H3,(H,14,16). The van der Waals surface area contributed by atoms with Crippen LogP contribution in [0.5, 0.6) is 0 Å². The summed E-state index contributed by atoms with van der Waals surface area (Å²) < 4.78 is 13.1. The largest absolute Gasteiger partial charge is 0.397 e. The van der Waals surface area contributed by atoms with E-state index >= 15 is 0 Å². The average molecular weight is 225 g/mol. The second-order valence-corrected chi connectivity index (χ2v) is 3.60. The molecule has 16 heavy (non-hydrogen) atoms. The molecule has 0 atom stereocenters. The van der Waals surface area contributed by atoms with Crippen LogP contribution in [0.1, 0.15) is 12.5 Å². The molecule has 5 heteroatoms. The number of hydrogen-bond acceptors (Lipinski definition) is 3. The Kier molecular flexibility index (Phi) is 4.10. The molecule has 0 unspecified atom stereocenters. The second-order valence-electron chi connectivity index (χ2n) is 3.60. The van der Waals surface area contributed by atoms with Gasteiger partial charge in [-0.05, 0) is 24.6 Å². The molecule has 4 N–H and O–H groups in total. The number of amides is 1. The van der Waals surface area contributed by atoms with Gasteiger partial charge in [-0.25, -0.2) is 4.39 Å². The van der Waals surface area contributed by atoms with E-state index < -0.39 is 0 Å². The lowest BCUT2D eigenvalue weighted by Gasteiger charge is -2.10. The van der Waals surface area contributed by atoms with Gasteiger partial charge in [-0.15, -0.1) is 0 Å². The number of halogens is 1. The van der Waals surface area contributed by atoms with Crippen LogP contribution in [0.2, 0.25) is 0 Å². The minimum Gasteiger partial charge on any atom is -0.397 e. The first-order valence-corrected chi connectivity index (χ1v) is 5.04. The monoisotopic (exact) mass is 225 g/mol. The Morgan fingerprint density at radius 3 is 2.75 bits per heavy atom. The highest BCUT2D eigenvalue weighted by atomic mass is 19.1.